The van der Waals surface area contributed by atoms with E-state index in [1.807, 2.05) is 6.20 Å². The molecule has 2 aliphatic rings. The lowest BCUT2D eigenvalue weighted by Crippen LogP contribution is -2.48. The molecule has 0 unspecified atom stereocenters. The van der Waals surface area contributed by atoms with E-state index in [1.165, 1.54) is 35.9 Å². The molecule has 0 saturated carbocycles. The lowest BCUT2D eigenvalue weighted by molar-refractivity contribution is 0.103. The number of aromatic amines is 1. The number of rotatable bonds is 2. The molecule has 1 aromatic carbocycles. The molecule has 1 aliphatic carbocycles. The fourth-order valence-electron chi connectivity index (χ4n) is 5.06. The van der Waals surface area contributed by atoms with Gasteiger partial charge in [0.2, 0.25) is 0 Å². The SMILES string of the molecule is Cc1nccn1C[C@@H]1C[C@@H]2c3cccc4[nH]cc(c34)C[C@H]2N(C)C1. The number of nitrogens with one attached hydrogen (secondary N) is 1. The smallest absolute Gasteiger partial charge is 0.105 e. The summed E-state index contributed by atoms with van der Waals surface area (Å²) in [5.74, 6) is 2.45. The van der Waals surface area contributed by atoms with Crippen LogP contribution in [0.3, 0.4) is 0 Å². The normalized spacial score (nSPS) is 26.7. The van der Waals surface area contributed by atoms with Crippen LogP contribution in [0.1, 0.15) is 29.3 Å². The summed E-state index contributed by atoms with van der Waals surface area (Å²) in [5, 5.41) is 1.49. The molecular formula is C20H24N4. The zero-order valence-electron chi connectivity index (χ0n) is 14.4. The molecular weight excluding hydrogens is 296 g/mol. The van der Waals surface area contributed by atoms with E-state index in [2.05, 4.69) is 64.0 Å². The molecule has 0 radical (unpaired) electrons. The molecule has 1 saturated heterocycles. The maximum Gasteiger partial charge on any atom is 0.105 e. The van der Waals surface area contributed by atoms with Gasteiger partial charge in [0, 0.05) is 54.5 Å². The second-order valence-corrected chi connectivity index (χ2v) is 7.63. The van der Waals surface area contributed by atoms with Crippen LogP contribution in [0.25, 0.3) is 10.9 Å². The Morgan fingerprint density at radius 3 is 3.08 bits per heavy atom. The summed E-state index contributed by atoms with van der Waals surface area (Å²) >= 11 is 0. The molecule has 124 valence electrons. The fraction of sp³-hybridized carbons (Fsp3) is 0.450. The lowest BCUT2D eigenvalue weighted by Gasteiger charge is -2.45. The highest BCUT2D eigenvalue weighted by molar-refractivity contribution is 5.88. The van der Waals surface area contributed by atoms with Crippen molar-refractivity contribution in [2.75, 3.05) is 13.6 Å². The molecule has 1 aliphatic heterocycles. The predicted octanol–water partition coefficient (Wildman–Crippen LogP) is 3.33. The molecule has 3 heterocycles. The van der Waals surface area contributed by atoms with Gasteiger partial charge in [-0.05, 0) is 49.9 Å². The van der Waals surface area contributed by atoms with Crippen LogP contribution in [0.15, 0.2) is 36.8 Å². The number of hydrogen-bond acceptors (Lipinski definition) is 2. The van der Waals surface area contributed by atoms with Crippen LogP contribution in [0.5, 0.6) is 0 Å². The van der Waals surface area contributed by atoms with Gasteiger partial charge in [-0.25, -0.2) is 4.98 Å². The van der Waals surface area contributed by atoms with E-state index in [0.717, 1.165) is 12.4 Å². The summed E-state index contributed by atoms with van der Waals surface area (Å²) in [6.45, 7) is 4.35. The molecule has 1 N–H and O–H groups in total. The van der Waals surface area contributed by atoms with Crippen LogP contribution in [0.4, 0.5) is 0 Å². The minimum Gasteiger partial charge on any atom is -0.361 e. The highest BCUT2D eigenvalue weighted by Gasteiger charge is 2.39. The van der Waals surface area contributed by atoms with Crippen LogP contribution < -0.4 is 0 Å². The van der Waals surface area contributed by atoms with E-state index in [1.54, 1.807) is 5.56 Å². The van der Waals surface area contributed by atoms with Gasteiger partial charge in [0.15, 0.2) is 0 Å². The van der Waals surface area contributed by atoms with E-state index in [0.29, 0.717) is 17.9 Å². The second kappa shape index (κ2) is 5.21. The Morgan fingerprint density at radius 2 is 2.25 bits per heavy atom. The van der Waals surface area contributed by atoms with Crippen molar-refractivity contribution in [3.05, 3.63) is 53.7 Å². The molecule has 1 fully saturated rings. The average molecular weight is 320 g/mol. The van der Waals surface area contributed by atoms with Crippen LogP contribution in [0.2, 0.25) is 0 Å². The van der Waals surface area contributed by atoms with E-state index in [4.69, 9.17) is 0 Å². The molecule has 2 aromatic heterocycles. The van der Waals surface area contributed by atoms with E-state index < -0.39 is 0 Å². The molecule has 4 nitrogen and oxygen atoms in total. The van der Waals surface area contributed by atoms with E-state index in [-0.39, 0.29) is 0 Å². The number of hydrogen-bond donors (Lipinski definition) is 1. The summed E-state index contributed by atoms with van der Waals surface area (Å²) < 4.78 is 2.31. The quantitative estimate of drug-likeness (QED) is 0.786. The third kappa shape index (κ3) is 2.06. The maximum atomic E-state index is 4.38. The summed E-state index contributed by atoms with van der Waals surface area (Å²) in [7, 11) is 2.31. The second-order valence-electron chi connectivity index (χ2n) is 7.63. The van der Waals surface area contributed by atoms with Crippen molar-refractivity contribution in [1.82, 2.24) is 19.4 Å². The van der Waals surface area contributed by atoms with E-state index in [9.17, 15) is 0 Å². The van der Waals surface area contributed by atoms with Crippen molar-refractivity contribution in [3.63, 3.8) is 0 Å². The van der Waals surface area contributed by atoms with Gasteiger partial charge in [0.05, 0.1) is 0 Å². The lowest BCUT2D eigenvalue weighted by atomic mass is 9.72. The number of likely N-dealkylation sites (tertiary alicyclic amines) is 1. The first-order chi connectivity index (χ1) is 11.7. The Labute approximate surface area is 142 Å². The minimum absolute atomic E-state index is 0.638. The highest BCUT2D eigenvalue weighted by atomic mass is 15.2. The highest BCUT2D eigenvalue weighted by Crippen LogP contribution is 2.44. The predicted molar refractivity (Wildman–Crippen MR) is 96.2 cm³/mol. The van der Waals surface area contributed by atoms with Crippen LogP contribution in [0, 0.1) is 12.8 Å². The number of imidazole rings is 1. The van der Waals surface area contributed by atoms with Crippen molar-refractivity contribution >= 4 is 10.9 Å². The van der Waals surface area contributed by atoms with Gasteiger partial charge in [-0.1, -0.05) is 12.1 Å². The van der Waals surface area contributed by atoms with Crippen molar-refractivity contribution in [2.24, 2.45) is 5.92 Å². The van der Waals surface area contributed by atoms with Gasteiger partial charge < -0.3 is 14.5 Å². The summed E-state index contributed by atoms with van der Waals surface area (Å²) in [5.41, 5.74) is 4.35. The van der Waals surface area contributed by atoms with Gasteiger partial charge in [-0.2, -0.15) is 0 Å². The third-order valence-electron chi connectivity index (χ3n) is 6.19. The first-order valence-electron chi connectivity index (χ1n) is 8.97. The number of nitrogens with zero attached hydrogens (tertiary/aromatic N) is 3. The van der Waals surface area contributed by atoms with Crippen LogP contribution in [-0.4, -0.2) is 39.1 Å². The fourth-order valence-corrected chi connectivity index (χ4v) is 5.06. The van der Waals surface area contributed by atoms with Crippen molar-refractivity contribution in [1.29, 1.82) is 0 Å². The molecule has 3 aromatic rings. The molecule has 24 heavy (non-hydrogen) atoms. The number of fused-ring (bicyclic) bond motifs is 2. The first-order valence-corrected chi connectivity index (χ1v) is 8.97. The van der Waals surface area contributed by atoms with Crippen molar-refractivity contribution in [3.8, 4) is 0 Å². The monoisotopic (exact) mass is 320 g/mol. The molecule has 0 spiro atoms. The number of H-pyrrole nitrogens is 1. The molecule has 0 bridgehead atoms. The van der Waals surface area contributed by atoms with Gasteiger partial charge >= 0.3 is 0 Å². The molecule has 5 rings (SSSR count). The maximum absolute atomic E-state index is 4.38. The average Bonchev–Trinajstić information content (AvgIpc) is 3.17. The largest absolute Gasteiger partial charge is 0.361 e. The Hall–Kier alpha value is -2.07. The molecule has 0 amide bonds. The van der Waals surface area contributed by atoms with E-state index >= 15 is 0 Å². The molecule has 3 atom stereocenters. The van der Waals surface area contributed by atoms with Crippen LogP contribution >= 0.6 is 0 Å². The third-order valence-corrected chi connectivity index (χ3v) is 6.19. The van der Waals surface area contributed by atoms with Gasteiger partial charge in [0.25, 0.3) is 0 Å². The summed E-state index contributed by atoms with van der Waals surface area (Å²) in [4.78, 5) is 10.4. The van der Waals surface area contributed by atoms with Gasteiger partial charge in [-0.3, -0.25) is 0 Å². The minimum atomic E-state index is 0.638. The Bertz CT molecular complexity index is 890. The Kier molecular flexibility index (Phi) is 3.10. The van der Waals surface area contributed by atoms with Gasteiger partial charge in [-0.15, -0.1) is 0 Å². The number of aromatic nitrogens is 3. The first kappa shape index (κ1) is 14.3. The van der Waals surface area contributed by atoms with Crippen LogP contribution in [-0.2, 0) is 13.0 Å². The van der Waals surface area contributed by atoms with Crippen molar-refractivity contribution < 1.29 is 0 Å². The topological polar surface area (TPSA) is 36.9 Å². The van der Waals surface area contributed by atoms with Gasteiger partial charge in [0.1, 0.15) is 5.82 Å². The number of likely N-dealkylation sites (N-methyl/N-ethyl adjacent to an activating group) is 1. The molecule has 4 heteroatoms. The Balaban J connectivity index is 1.50. The zero-order valence-corrected chi connectivity index (χ0v) is 14.4. The summed E-state index contributed by atoms with van der Waals surface area (Å²) in [6.07, 6.45) is 8.70. The van der Waals surface area contributed by atoms with Crippen molar-refractivity contribution in [2.45, 2.75) is 38.3 Å². The zero-order chi connectivity index (χ0) is 16.3. The number of aryl methyl sites for hydroxylation is 1. The number of piperidine rings is 1. The Morgan fingerprint density at radius 1 is 1.33 bits per heavy atom. The standard InChI is InChI=1S/C20H24N4/c1-13-21-6-7-24(13)12-14-8-17-16-4-3-5-18-20(16)15(10-22-18)9-19(17)23(2)11-14/h3-7,10,14,17,19,22H,8-9,11-12H2,1-2H3/t14-,17-,19-/m1/s1. The summed E-state index contributed by atoms with van der Waals surface area (Å²) in [6, 6.07) is 7.42. The number of benzene rings is 1.